The predicted molar refractivity (Wildman–Crippen MR) is 108 cm³/mol. The van der Waals surface area contributed by atoms with Crippen LogP contribution in [0, 0.1) is 0 Å². The summed E-state index contributed by atoms with van der Waals surface area (Å²) >= 11 is 6.03. The summed E-state index contributed by atoms with van der Waals surface area (Å²) in [5.41, 5.74) is 1.75. The molecule has 3 rings (SSSR count). The number of carbonyl (C=O) groups excluding carboxylic acids is 2. The normalized spacial score (nSPS) is 10.2. The van der Waals surface area contributed by atoms with E-state index >= 15 is 0 Å². The van der Waals surface area contributed by atoms with E-state index in [2.05, 4.69) is 5.32 Å². The molecule has 6 heteroatoms. The highest BCUT2D eigenvalue weighted by Crippen LogP contribution is 2.20. The van der Waals surface area contributed by atoms with Gasteiger partial charge in [-0.25, -0.2) is 0 Å². The molecule has 0 aliphatic rings. The fraction of sp³-hybridized carbons (Fsp3) is 0.0909. The van der Waals surface area contributed by atoms with Gasteiger partial charge < -0.3 is 14.8 Å². The number of hydrogen-bond donors (Lipinski definition) is 1. The Kier molecular flexibility index (Phi) is 6.29. The zero-order chi connectivity index (χ0) is 19.9. The average molecular weight is 396 g/mol. The van der Waals surface area contributed by atoms with Crippen molar-refractivity contribution in [1.82, 2.24) is 0 Å². The van der Waals surface area contributed by atoms with E-state index in [9.17, 15) is 9.59 Å². The monoisotopic (exact) mass is 395 g/mol. The first kappa shape index (κ1) is 19.5. The largest absolute Gasteiger partial charge is 0.497 e. The molecule has 28 heavy (non-hydrogen) atoms. The summed E-state index contributed by atoms with van der Waals surface area (Å²) in [6, 6.07) is 20.6. The van der Waals surface area contributed by atoms with Crippen molar-refractivity contribution in [3.05, 3.63) is 88.9 Å². The van der Waals surface area contributed by atoms with Crippen LogP contribution in [-0.2, 0) is 11.2 Å². The van der Waals surface area contributed by atoms with Gasteiger partial charge in [0.05, 0.1) is 24.1 Å². The van der Waals surface area contributed by atoms with E-state index < -0.39 is 0 Å². The zero-order valence-electron chi connectivity index (χ0n) is 15.1. The standard InChI is InChI=1S/C22H18ClNO4/c1-27-18-6-4-5-15(13-18)14-21(25)28-17-11-9-16(10-12-17)24-22(26)19-7-2-3-8-20(19)23/h2-13H,14H2,1H3,(H,24,26). The predicted octanol–water partition coefficient (Wildman–Crippen LogP) is 4.75. The van der Waals surface area contributed by atoms with Crippen molar-refractivity contribution in [3.63, 3.8) is 0 Å². The lowest BCUT2D eigenvalue weighted by Crippen LogP contribution is -2.13. The molecule has 0 heterocycles. The van der Waals surface area contributed by atoms with Gasteiger partial charge >= 0.3 is 5.97 Å². The molecule has 0 saturated carbocycles. The number of methoxy groups -OCH3 is 1. The van der Waals surface area contributed by atoms with E-state index in [1.54, 1.807) is 61.7 Å². The van der Waals surface area contributed by atoms with Gasteiger partial charge in [-0.15, -0.1) is 0 Å². The van der Waals surface area contributed by atoms with Crippen LogP contribution in [0.5, 0.6) is 11.5 Å². The number of nitrogens with one attached hydrogen (secondary N) is 1. The number of benzene rings is 3. The fourth-order valence-electron chi connectivity index (χ4n) is 2.57. The lowest BCUT2D eigenvalue weighted by molar-refractivity contribution is -0.133. The van der Waals surface area contributed by atoms with Gasteiger partial charge in [0.15, 0.2) is 0 Å². The van der Waals surface area contributed by atoms with Crippen LogP contribution >= 0.6 is 11.6 Å². The van der Waals surface area contributed by atoms with Crippen LogP contribution in [0.25, 0.3) is 0 Å². The summed E-state index contributed by atoms with van der Waals surface area (Å²) in [5.74, 6) is 0.377. The summed E-state index contributed by atoms with van der Waals surface area (Å²) in [5, 5.41) is 3.13. The molecule has 5 nitrogen and oxygen atoms in total. The van der Waals surface area contributed by atoms with Crippen LogP contribution in [0.15, 0.2) is 72.8 Å². The van der Waals surface area contributed by atoms with E-state index in [-0.39, 0.29) is 18.3 Å². The van der Waals surface area contributed by atoms with Crippen molar-refractivity contribution < 1.29 is 19.1 Å². The average Bonchev–Trinajstić information content (AvgIpc) is 2.70. The summed E-state index contributed by atoms with van der Waals surface area (Å²) < 4.78 is 10.5. The van der Waals surface area contributed by atoms with Crippen molar-refractivity contribution in [1.29, 1.82) is 0 Å². The van der Waals surface area contributed by atoms with Crippen LogP contribution in [0.1, 0.15) is 15.9 Å². The molecule has 1 N–H and O–H groups in total. The van der Waals surface area contributed by atoms with Crippen molar-refractivity contribution in [2.24, 2.45) is 0 Å². The lowest BCUT2D eigenvalue weighted by atomic mass is 10.1. The molecule has 3 aromatic carbocycles. The lowest BCUT2D eigenvalue weighted by Gasteiger charge is -2.09. The SMILES string of the molecule is COc1cccc(CC(=O)Oc2ccc(NC(=O)c3ccccc3Cl)cc2)c1. The maximum Gasteiger partial charge on any atom is 0.315 e. The first-order chi connectivity index (χ1) is 13.5. The maximum atomic E-state index is 12.3. The van der Waals surface area contributed by atoms with Crippen molar-refractivity contribution >= 4 is 29.2 Å². The fourth-order valence-corrected chi connectivity index (χ4v) is 2.79. The Labute approximate surface area is 167 Å². The quantitative estimate of drug-likeness (QED) is 0.483. The molecule has 0 bridgehead atoms. The second kappa shape index (κ2) is 9.06. The molecule has 0 spiro atoms. The van der Waals surface area contributed by atoms with Crippen molar-refractivity contribution in [3.8, 4) is 11.5 Å². The molecule has 0 aromatic heterocycles. The van der Waals surface area contributed by atoms with Crippen molar-refractivity contribution in [2.45, 2.75) is 6.42 Å². The van der Waals surface area contributed by atoms with Gasteiger partial charge in [-0.1, -0.05) is 35.9 Å². The van der Waals surface area contributed by atoms with E-state index in [1.165, 1.54) is 0 Å². The minimum Gasteiger partial charge on any atom is -0.497 e. The highest BCUT2D eigenvalue weighted by Gasteiger charge is 2.11. The number of hydrogen-bond acceptors (Lipinski definition) is 4. The van der Waals surface area contributed by atoms with Crippen LogP contribution in [0.2, 0.25) is 5.02 Å². The Morgan fingerprint density at radius 3 is 2.39 bits per heavy atom. The Balaban J connectivity index is 1.58. The second-order valence-electron chi connectivity index (χ2n) is 5.96. The third-order valence-electron chi connectivity index (χ3n) is 3.94. The number of anilines is 1. The minimum absolute atomic E-state index is 0.127. The number of esters is 1. The van der Waals surface area contributed by atoms with E-state index in [0.717, 1.165) is 5.56 Å². The summed E-state index contributed by atoms with van der Waals surface area (Å²) in [4.78, 5) is 24.4. The van der Waals surface area contributed by atoms with Gasteiger partial charge in [0, 0.05) is 5.69 Å². The van der Waals surface area contributed by atoms with Gasteiger partial charge in [0.25, 0.3) is 5.91 Å². The van der Waals surface area contributed by atoms with E-state index in [4.69, 9.17) is 21.1 Å². The Hall–Kier alpha value is -3.31. The minimum atomic E-state index is -0.388. The Morgan fingerprint density at radius 1 is 0.929 bits per heavy atom. The molecule has 142 valence electrons. The molecule has 0 aliphatic heterocycles. The number of rotatable bonds is 6. The van der Waals surface area contributed by atoms with Crippen LogP contribution in [-0.4, -0.2) is 19.0 Å². The first-order valence-corrected chi connectivity index (χ1v) is 8.92. The molecular weight excluding hydrogens is 378 g/mol. The third-order valence-corrected chi connectivity index (χ3v) is 4.27. The number of carbonyl (C=O) groups is 2. The van der Waals surface area contributed by atoms with Gasteiger partial charge in [-0.05, 0) is 54.1 Å². The van der Waals surface area contributed by atoms with Gasteiger partial charge in [0.1, 0.15) is 11.5 Å². The highest BCUT2D eigenvalue weighted by atomic mass is 35.5. The van der Waals surface area contributed by atoms with E-state index in [0.29, 0.717) is 27.8 Å². The molecule has 0 atom stereocenters. The van der Waals surface area contributed by atoms with E-state index in [1.807, 2.05) is 18.2 Å². The van der Waals surface area contributed by atoms with Crippen molar-refractivity contribution in [2.75, 3.05) is 12.4 Å². The highest BCUT2D eigenvalue weighted by molar-refractivity contribution is 6.34. The number of ether oxygens (including phenoxy) is 2. The summed E-state index contributed by atoms with van der Waals surface area (Å²) in [6.07, 6.45) is 0.127. The van der Waals surface area contributed by atoms with Gasteiger partial charge in [-0.2, -0.15) is 0 Å². The van der Waals surface area contributed by atoms with Gasteiger partial charge in [-0.3, -0.25) is 9.59 Å². The number of halogens is 1. The van der Waals surface area contributed by atoms with Gasteiger partial charge in [0.2, 0.25) is 0 Å². The first-order valence-electron chi connectivity index (χ1n) is 8.55. The molecular formula is C22H18ClNO4. The Morgan fingerprint density at radius 2 is 1.68 bits per heavy atom. The second-order valence-corrected chi connectivity index (χ2v) is 6.37. The smallest absolute Gasteiger partial charge is 0.315 e. The topological polar surface area (TPSA) is 64.6 Å². The Bertz CT molecular complexity index is 986. The molecule has 0 radical (unpaired) electrons. The van der Waals surface area contributed by atoms with Crippen LogP contribution < -0.4 is 14.8 Å². The van der Waals surface area contributed by atoms with Crippen LogP contribution in [0.3, 0.4) is 0 Å². The molecule has 0 aliphatic carbocycles. The van der Waals surface area contributed by atoms with Crippen LogP contribution in [0.4, 0.5) is 5.69 Å². The third kappa shape index (κ3) is 5.11. The molecule has 0 unspecified atom stereocenters. The summed E-state index contributed by atoms with van der Waals surface area (Å²) in [7, 11) is 1.57. The number of amides is 1. The molecule has 3 aromatic rings. The summed E-state index contributed by atoms with van der Waals surface area (Å²) in [6.45, 7) is 0. The zero-order valence-corrected chi connectivity index (χ0v) is 15.9. The maximum absolute atomic E-state index is 12.3. The molecule has 0 saturated heterocycles. The molecule has 1 amide bonds. The molecule has 0 fully saturated rings.